The maximum atomic E-state index is 13.9. The molecule has 0 radical (unpaired) electrons. The minimum Gasteiger partial charge on any atom is -0.384 e. The molecule has 2 heteroatoms. The molecule has 20 heavy (non-hydrogen) atoms. The van der Waals surface area contributed by atoms with E-state index in [1.54, 1.807) is 6.07 Å². The number of fused-ring (bicyclic) bond motifs is 1. The van der Waals surface area contributed by atoms with Gasteiger partial charge in [0, 0.05) is 5.56 Å². The molecule has 1 atom stereocenters. The molecule has 0 amide bonds. The van der Waals surface area contributed by atoms with Crippen LogP contribution in [-0.2, 0) is 0 Å². The zero-order chi connectivity index (χ0) is 14.1. The molecule has 0 saturated heterocycles. The van der Waals surface area contributed by atoms with E-state index >= 15 is 0 Å². The summed E-state index contributed by atoms with van der Waals surface area (Å²) in [4.78, 5) is 0. The van der Waals surface area contributed by atoms with Crippen molar-refractivity contribution in [2.75, 3.05) is 0 Å². The van der Waals surface area contributed by atoms with Crippen molar-refractivity contribution in [3.63, 3.8) is 0 Å². The van der Waals surface area contributed by atoms with Crippen molar-refractivity contribution in [1.82, 2.24) is 0 Å². The third kappa shape index (κ3) is 2.30. The topological polar surface area (TPSA) is 20.2 Å². The van der Waals surface area contributed by atoms with E-state index in [2.05, 4.69) is 0 Å². The molecule has 0 spiro atoms. The molecule has 0 aliphatic carbocycles. The van der Waals surface area contributed by atoms with Crippen LogP contribution in [0.25, 0.3) is 10.8 Å². The van der Waals surface area contributed by atoms with Gasteiger partial charge in [-0.2, -0.15) is 0 Å². The molecule has 0 heterocycles. The highest BCUT2D eigenvalue weighted by atomic mass is 19.1. The number of hydrogen-bond acceptors (Lipinski definition) is 1. The fourth-order valence-corrected chi connectivity index (χ4v) is 2.41. The summed E-state index contributed by atoms with van der Waals surface area (Å²) in [5, 5.41) is 12.5. The average Bonchev–Trinajstić information content (AvgIpc) is 2.46. The van der Waals surface area contributed by atoms with Gasteiger partial charge in [0.25, 0.3) is 0 Å². The van der Waals surface area contributed by atoms with Crippen LogP contribution in [0.5, 0.6) is 0 Å². The van der Waals surface area contributed by atoms with Crippen molar-refractivity contribution in [2.45, 2.75) is 13.0 Å². The van der Waals surface area contributed by atoms with Gasteiger partial charge in [0.2, 0.25) is 0 Å². The maximum Gasteiger partial charge on any atom is 0.129 e. The van der Waals surface area contributed by atoms with Crippen molar-refractivity contribution >= 4 is 10.8 Å². The van der Waals surface area contributed by atoms with E-state index in [-0.39, 0.29) is 5.82 Å². The van der Waals surface area contributed by atoms with Gasteiger partial charge in [0.1, 0.15) is 11.9 Å². The van der Waals surface area contributed by atoms with Gasteiger partial charge in [0.15, 0.2) is 0 Å². The van der Waals surface area contributed by atoms with E-state index in [0.29, 0.717) is 11.1 Å². The lowest BCUT2D eigenvalue weighted by atomic mass is 9.97. The first-order valence-electron chi connectivity index (χ1n) is 6.58. The molecule has 1 N–H and O–H groups in total. The zero-order valence-electron chi connectivity index (χ0n) is 11.2. The summed E-state index contributed by atoms with van der Waals surface area (Å²) in [6.07, 6.45) is -0.944. The molecule has 1 nitrogen and oxygen atoms in total. The summed E-state index contributed by atoms with van der Waals surface area (Å²) in [6.45, 7) is 1.83. The van der Waals surface area contributed by atoms with Crippen molar-refractivity contribution < 1.29 is 9.50 Å². The van der Waals surface area contributed by atoms with E-state index < -0.39 is 6.10 Å². The quantitative estimate of drug-likeness (QED) is 0.730. The predicted molar refractivity (Wildman–Crippen MR) is 79.1 cm³/mol. The van der Waals surface area contributed by atoms with Crippen LogP contribution in [0.4, 0.5) is 4.39 Å². The van der Waals surface area contributed by atoms with Crippen molar-refractivity contribution in [2.24, 2.45) is 0 Å². The summed E-state index contributed by atoms with van der Waals surface area (Å²) in [5.74, 6) is -0.370. The van der Waals surface area contributed by atoms with Gasteiger partial charge in [0.05, 0.1) is 0 Å². The van der Waals surface area contributed by atoms with E-state index in [1.807, 2.05) is 55.5 Å². The molecule has 100 valence electrons. The summed E-state index contributed by atoms with van der Waals surface area (Å²) in [5.41, 5.74) is 1.86. The van der Waals surface area contributed by atoms with Gasteiger partial charge in [-0.05, 0) is 41.0 Å². The molecule has 3 rings (SSSR count). The van der Waals surface area contributed by atoms with Crippen LogP contribution in [0.15, 0.2) is 60.7 Å². The van der Waals surface area contributed by atoms with E-state index in [0.717, 1.165) is 16.3 Å². The first-order chi connectivity index (χ1) is 9.65. The summed E-state index contributed by atoms with van der Waals surface area (Å²) < 4.78 is 13.9. The Hall–Kier alpha value is -2.19. The molecule has 0 aliphatic rings. The van der Waals surface area contributed by atoms with Crippen molar-refractivity contribution in [3.8, 4) is 0 Å². The number of aliphatic hydroxyl groups excluding tert-OH is 1. The molecule has 3 aromatic carbocycles. The van der Waals surface area contributed by atoms with E-state index in [4.69, 9.17) is 0 Å². The second-order valence-corrected chi connectivity index (χ2v) is 5.03. The molecule has 3 aromatic rings. The molecule has 0 saturated carbocycles. The van der Waals surface area contributed by atoms with Gasteiger partial charge >= 0.3 is 0 Å². The Morgan fingerprint density at radius 2 is 1.65 bits per heavy atom. The minimum absolute atomic E-state index is 0.311. The van der Waals surface area contributed by atoms with Crippen LogP contribution in [0, 0.1) is 12.7 Å². The van der Waals surface area contributed by atoms with Crippen LogP contribution in [0.1, 0.15) is 22.8 Å². The lowest BCUT2D eigenvalue weighted by Crippen LogP contribution is -2.02. The van der Waals surface area contributed by atoms with Crippen LogP contribution < -0.4 is 0 Å². The smallest absolute Gasteiger partial charge is 0.129 e. The standard InChI is InChI=1S/C18H15FO/c1-12-6-9-16(17(19)10-12)18(20)15-8-7-13-4-2-3-5-14(13)11-15/h2-11,18,20H,1H3. The van der Waals surface area contributed by atoms with Gasteiger partial charge in [-0.1, -0.05) is 48.5 Å². The first kappa shape index (κ1) is 12.8. The second-order valence-electron chi connectivity index (χ2n) is 5.03. The van der Waals surface area contributed by atoms with Crippen molar-refractivity contribution in [1.29, 1.82) is 0 Å². The Labute approximate surface area is 117 Å². The van der Waals surface area contributed by atoms with Crippen LogP contribution in [-0.4, -0.2) is 5.11 Å². The Morgan fingerprint density at radius 1 is 0.900 bits per heavy atom. The normalized spacial score (nSPS) is 12.6. The fourth-order valence-electron chi connectivity index (χ4n) is 2.41. The lowest BCUT2D eigenvalue weighted by molar-refractivity contribution is 0.215. The van der Waals surface area contributed by atoms with Crippen LogP contribution in [0.2, 0.25) is 0 Å². The van der Waals surface area contributed by atoms with Crippen molar-refractivity contribution in [3.05, 3.63) is 83.2 Å². The monoisotopic (exact) mass is 266 g/mol. The number of halogens is 1. The SMILES string of the molecule is Cc1ccc(C(O)c2ccc3ccccc3c2)c(F)c1. The van der Waals surface area contributed by atoms with Gasteiger partial charge in [-0.3, -0.25) is 0 Å². The van der Waals surface area contributed by atoms with Gasteiger partial charge in [-0.15, -0.1) is 0 Å². The Kier molecular flexibility index (Phi) is 3.25. The Balaban J connectivity index is 2.05. The van der Waals surface area contributed by atoms with Crippen LogP contribution in [0.3, 0.4) is 0 Å². The van der Waals surface area contributed by atoms with E-state index in [1.165, 1.54) is 6.07 Å². The maximum absolute atomic E-state index is 13.9. The Morgan fingerprint density at radius 3 is 2.40 bits per heavy atom. The lowest BCUT2D eigenvalue weighted by Gasteiger charge is -2.13. The van der Waals surface area contributed by atoms with Gasteiger partial charge in [-0.25, -0.2) is 4.39 Å². The fraction of sp³-hybridized carbons (Fsp3) is 0.111. The number of rotatable bonds is 2. The molecule has 0 bridgehead atoms. The Bertz CT molecular complexity index is 764. The third-order valence-corrected chi connectivity index (χ3v) is 3.54. The van der Waals surface area contributed by atoms with E-state index in [9.17, 15) is 9.50 Å². The molecular formula is C18H15FO. The zero-order valence-corrected chi connectivity index (χ0v) is 11.2. The largest absolute Gasteiger partial charge is 0.384 e. The minimum atomic E-state index is -0.944. The number of benzene rings is 3. The third-order valence-electron chi connectivity index (χ3n) is 3.54. The number of aryl methyl sites for hydroxylation is 1. The van der Waals surface area contributed by atoms with Gasteiger partial charge < -0.3 is 5.11 Å². The molecule has 0 fully saturated rings. The predicted octanol–water partition coefficient (Wildman–Crippen LogP) is 4.37. The molecule has 0 aliphatic heterocycles. The molecule has 1 unspecified atom stereocenters. The highest BCUT2D eigenvalue weighted by Gasteiger charge is 2.15. The summed E-state index contributed by atoms with van der Waals surface area (Å²) >= 11 is 0. The summed E-state index contributed by atoms with van der Waals surface area (Å²) in [6, 6.07) is 18.5. The molecular weight excluding hydrogens is 251 g/mol. The number of hydrogen-bond donors (Lipinski definition) is 1. The second kappa shape index (κ2) is 5.06. The highest BCUT2D eigenvalue weighted by Crippen LogP contribution is 2.27. The number of aliphatic hydroxyl groups is 1. The average molecular weight is 266 g/mol. The first-order valence-corrected chi connectivity index (χ1v) is 6.58. The van der Waals surface area contributed by atoms with Crippen LogP contribution >= 0.6 is 0 Å². The molecule has 0 aromatic heterocycles. The summed E-state index contributed by atoms with van der Waals surface area (Å²) in [7, 11) is 0. The highest BCUT2D eigenvalue weighted by molar-refractivity contribution is 5.83.